The van der Waals surface area contributed by atoms with Gasteiger partial charge in [-0.15, -0.1) is 0 Å². The zero-order chi connectivity index (χ0) is 17.6. The van der Waals surface area contributed by atoms with Gasteiger partial charge in [0.2, 0.25) is 0 Å². The van der Waals surface area contributed by atoms with Gasteiger partial charge in [-0.1, -0.05) is 30.5 Å². The fourth-order valence-corrected chi connectivity index (χ4v) is 2.97. The highest BCUT2D eigenvalue weighted by molar-refractivity contribution is 6.30. The van der Waals surface area contributed by atoms with Gasteiger partial charge in [-0.3, -0.25) is 9.59 Å². The van der Waals surface area contributed by atoms with Crippen molar-refractivity contribution in [2.24, 2.45) is 0 Å². The number of hydrogen-bond acceptors (Lipinski definition) is 3. The van der Waals surface area contributed by atoms with Gasteiger partial charge in [0.1, 0.15) is 11.4 Å². The number of halogens is 1. The summed E-state index contributed by atoms with van der Waals surface area (Å²) < 4.78 is 0. The number of nitrogens with one attached hydrogen (secondary N) is 1. The molecule has 1 aliphatic rings. The van der Waals surface area contributed by atoms with E-state index in [4.69, 9.17) is 11.6 Å². The van der Waals surface area contributed by atoms with Crippen molar-refractivity contribution in [2.75, 3.05) is 18.4 Å². The topological polar surface area (TPSA) is 62.3 Å². The van der Waals surface area contributed by atoms with Crippen LogP contribution in [-0.2, 0) is 0 Å². The van der Waals surface area contributed by atoms with Crippen molar-refractivity contribution in [2.45, 2.75) is 25.7 Å². The lowest BCUT2D eigenvalue weighted by molar-refractivity contribution is 0.0755. The van der Waals surface area contributed by atoms with Crippen LogP contribution in [0, 0.1) is 0 Å². The number of carbonyl (C=O) groups is 2. The van der Waals surface area contributed by atoms with Crippen molar-refractivity contribution in [1.29, 1.82) is 0 Å². The molecule has 0 atom stereocenters. The van der Waals surface area contributed by atoms with Gasteiger partial charge in [0.15, 0.2) is 0 Å². The Morgan fingerprint density at radius 2 is 1.56 bits per heavy atom. The predicted molar refractivity (Wildman–Crippen MR) is 98.0 cm³/mol. The standard InChI is InChI=1S/C19H20ClN3O2/c20-14-8-10-15(11-9-14)21-18(24)16-6-5-7-17(22-16)19(25)23-12-3-1-2-4-13-23/h5-11H,1-4,12-13H2,(H,21,24). The summed E-state index contributed by atoms with van der Waals surface area (Å²) in [6.45, 7) is 1.50. The highest BCUT2D eigenvalue weighted by Crippen LogP contribution is 2.15. The zero-order valence-electron chi connectivity index (χ0n) is 13.9. The van der Waals surface area contributed by atoms with Crippen molar-refractivity contribution in [3.05, 3.63) is 58.9 Å². The maximum atomic E-state index is 12.6. The van der Waals surface area contributed by atoms with Crippen molar-refractivity contribution in [3.63, 3.8) is 0 Å². The average molecular weight is 358 g/mol. The Kier molecular flexibility index (Phi) is 5.66. The average Bonchev–Trinajstić information content (AvgIpc) is 2.92. The lowest BCUT2D eigenvalue weighted by Crippen LogP contribution is -2.32. The van der Waals surface area contributed by atoms with Crippen molar-refractivity contribution in [3.8, 4) is 0 Å². The molecule has 0 aliphatic carbocycles. The molecule has 130 valence electrons. The third kappa shape index (κ3) is 4.57. The Hall–Kier alpha value is -2.40. The zero-order valence-corrected chi connectivity index (χ0v) is 14.6. The molecule has 5 nitrogen and oxygen atoms in total. The number of benzene rings is 1. The minimum atomic E-state index is -0.354. The van der Waals surface area contributed by atoms with Gasteiger partial charge >= 0.3 is 0 Å². The van der Waals surface area contributed by atoms with Crippen LogP contribution in [0.2, 0.25) is 5.02 Å². The Balaban J connectivity index is 1.72. The molecule has 0 spiro atoms. The first-order chi connectivity index (χ1) is 12.1. The fourth-order valence-electron chi connectivity index (χ4n) is 2.84. The van der Waals surface area contributed by atoms with Crippen LogP contribution in [0.4, 0.5) is 5.69 Å². The summed E-state index contributed by atoms with van der Waals surface area (Å²) in [6.07, 6.45) is 4.34. The Labute approximate surface area is 152 Å². The van der Waals surface area contributed by atoms with Gasteiger partial charge in [0, 0.05) is 23.8 Å². The highest BCUT2D eigenvalue weighted by atomic mass is 35.5. The lowest BCUT2D eigenvalue weighted by Gasteiger charge is -2.19. The molecule has 6 heteroatoms. The smallest absolute Gasteiger partial charge is 0.274 e. The van der Waals surface area contributed by atoms with E-state index in [9.17, 15) is 9.59 Å². The van der Waals surface area contributed by atoms with E-state index in [1.54, 1.807) is 42.5 Å². The minimum Gasteiger partial charge on any atom is -0.337 e. The molecule has 0 bridgehead atoms. The second-order valence-corrected chi connectivity index (χ2v) is 6.51. The van der Waals surface area contributed by atoms with Crippen LogP contribution >= 0.6 is 11.6 Å². The number of amides is 2. The maximum absolute atomic E-state index is 12.6. The number of rotatable bonds is 3. The van der Waals surface area contributed by atoms with Crippen LogP contribution in [-0.4, -0.2) is 34.8 Å². The first-order valence-corrected chi connectivity index (χ1v) is 8.84. The Bertz CT molecular complexity index is 754. The summed E-state index contributed by atoms with van der Waals surface area (Å²) in [7, 11) is 0. The van der Waals surface area contributed by atoms with E-state index in [1.165, 1.54) is 0 Å². The summed E-state index contributed by atoms with van der Waals surface area (Å²) in [5, 5.41) is 3.35. The van der Waals surface area contributed by atoms with E-state index in [1.807, 2.05) is 4.90 Å². The van der Waals surface area contributed by atoms with E-state index < -0.39 is 0 Å². The maximum Gasteiger partial charge on any atom is 0.274 e. The molecule has 2 aromatic rings. The highest BCUT2D eigenvalue weighted by Gasteiger charge is 2.19. The summed E-state index contributed by atoms with van der Waals surface area (Å²) in [5.41, 5.74) is 1.15. The molecule has 3 rings (SSSR count). The van der Waals surface area contributed by atoms with Crippen LogP contribution in [0.1, 0.15) is 46.7 Å². The number of pyridine rings is 1. The number of aromatic nitrogens is 1. The van der Waals surface area contributed by atoms with E-state index in [-0.39, 0.29) is 17.5 Å². The van der Waals surface area contributed by atoms with E-state index in [2.05, 4.69) is 10.3 Å². The summed E-state index contributed by atoms with van der Waals surface area (Å²) in [5.74, 6) is -0.462. The molecule has 25 heavy (non-hydrogen) atoms. The summed E-state index contributed by atoms with van der Waals surface area (Å²) >= 11 is 5.84. The van der Waals surface area contributed by atoms with Crippen molar-refractivity contribution < 1.29 is 9.59 Å². The van der Waals surface area contributed by atoms with E-state index >= 15 is 0 Å². The Morgan fingerprint density at radius 1 is 0.920 bits per heavy atom. The van der Waals surface area contributed by atoms with Crippen molar-refractivity contribution in [1.82, 2.24) is 9.88 Å². The molecule has 1 aliphatic heterocycles. The molecule has 2 amide bonds. The number of nitrogens with zero attached hydrogens (tertiary/aromatic N) is 2. The molecular formula is C19H20ClN3O2. The first-order valence-electron chi connectivity index (χ1n) is 8.47. The summed E-state index contributed by atoms with van der Waals surface area (Å²) in [4.78, 5) is 31.1. The van der Waals surface area contributed by atoms with Gasteiger partial charge in [0.05, 0.1) is 0 Å². The lowest BCUT2D eigenvalue weighted by atomic mass is 10.2. The number of hydrogen-bond donors (Lipinski definition) is 1. The molecule has 1 N–H and O–H groups in total. The van der Waals surface area contributed by atoms with Crippen LogP contribution in [0.5, 0.6) is 0 Å². The number of likely N-dealkylation sites (tertiary alicyclic amines) is 1. The molecule has 0 saturated carbocycles. The Morgan fingerprint density at radius 3 is 2.24 bits per heavy atom. The number of carbonyl (C=O) groups excluding carboxylic acids is 2. The van der Waals surface area contributed by atoms with Crippen LogP contribution in [0.3, 0.4) is 0 Å². The molecule has 0 unspecified atom stereocenters. The third-order valence-electron chi connectivity index (χ3n) is 4.20. The van der Waals surface area contributed by atoms with Crippen LogP contribution in [0.15, 0.2) is 42.5 Å². The minimum absolute atomic E-state index is 0.108. The fraction of sp³-hybridized carbons (Fsp3) is 0.316. The molecule has 0 radical (unpaired) electrons. The van der Waals surface area contributed by atoms with Crippen LogP contribution in [0.25, 0.3) is 0 Å². The SMILES string of the molecule is O=C(Nc1ccc(Cl)cc1)c1cccc(C(=O)N2CCCCCC2)n1. The van der Waals surface area contributed by atoms with Gasteiger partial charge in [-0.05, 0) is 49.2 Å². The second-order valence-electron chi connectivity index (χ2n) is 6.08. The van der Waals surface area contributed by atoms with E-state index in [0.717, 1.165) is 38.8 Å². The predicted octanol–water partition coefficient (Wildman–Crippen LogP) is 4.00. The second kappa shape index (κ2) is 8.12. The molecule has 1 aromatic heterocycles. The van der Waals surface area contributed by atoms with Crippen LogP contribution < -0.4 is 5.32 Å². The monoisotopic (exact) mass is 357 g/mol. The molecular weight excluding hydrogens is 338 g/mol. The molecule has 1 fully saturated rings. The van der Waals surface area contributed by atoms with Crippen molar-refractivity contribution >= 4 is 29.1 Å². The van der Waals surface area contributed by atoms with Gasteiger partial charge in [-0.2, -0.15) is 0 Å². The summed E-state index contributed by atoms with van der Waals surface area (Å²) in [6, 6.07) is 11.8. The molecule has 1 aromatic carbocycles. The van der Waals surface area contributed by atoms with Gasteiger partial charge < -0.3 is 10.2 Å². The van der Waals surface area contributed by atoms with E-state index in [0.29, 0.717) is 16.4 Å². The molecule has 2 heterocycles. The van der Waals surface area contributed by atoms with Gasteiger partial charge in [0.25, 0.3) is 11.8 Å². The first kappa shape index (κ1) is 17.4. The molecule has 1 saturated heterocycles. The normalized spacial score (nSPS) is 14.7. The van der Waals surface area contributed by atoms with Gasteiger partial charge in [-0.25, -0.2) is 4.98 Å². The largest absolute Gasteiger partial charge is 0.337 e. The number of anilines is 1. The third-order valence-corrected chi connectivity index (χ3v) is 4.45. The quantitative estimate of drug-likeness (QED) is 0.902.